The van der Waals surface area contributed by atoms with Crippen LogP contribution in [0.3, 0.4) is 0 Å². The first-order valence-electron chi connectivity index (χ1n) is 19.3. The molecule has 2 N–H and O–H groups in total. The Labute approximate surface area is 314 Å². The summed E-state index contributed by atoms with van der Waals surface area (Å²) in [5, 5.41) is 15.4. The van der Waals surface area contributed by atoms with E-state index in [0.29, 0.717) is 60.4 Å². The van der Waals surface area contributed by atoms with Crippen LogP contribution in [0.25, 0.3) is 6.08 Å². The Hall–Kier alpha value is -3.95. The van der Waals surface area contributed by atoms with Crippen molar-refractivity contribution in [1.82, 2.24) is 10.2 Å². The van der Waals surface area contributed by atoms with Crippen LogP contribution in [0.5, 0.6) is 17.2 Å². The number of phenolic OH excluding ortho intramolecular Hbond substituents is 1. The summed E-state index contributed by atoms with van der Waals surface area (Å²) < 4.78 is 21.1. The molecule has 1 saturated carbocycles. The van der Waals surface area contributed by atoms with Crippen molar-refractivity contribution in [2.45, 2.75) is 136 Å². The molecule has 1 aromatic carbocycles. The first kappa shape index (κ1) is 37.4. The lowest BCUT2D eigenvalue weighted by molar-refractivity contribution is -0.171. The summed E-state index contributed by atoms with van der Waals surface area (Å²) in [6.45, 7) is 21.2. The van der Waals surface area contributed by atoms with Gasteiger partial charge in [0.15, 0.2) is 22.8 Å². The lowest BCUT2D eigenvalue weighted by atomic mass is 9.51. The Morgan fingerprint density at radius 3 is 2.32 bits per heavy atom. The molecule has 7 aliphatic rings. The first-order valence-corrected chi connectivity index (χ1v) is 19.3. The fraction of sp³-hybridized carbons (Fsp3) is 0.568. The van der Waals surface area contributed by atoms with E-state index >= 15 is 4.79 Å². The summed E-state index contributed by atoms with van der Waals surface area (Å²) in [4.78, 5) is 45.4. The minimum atomic E-state index is -1.56. The summed E-state index contributed by atoms with van der Waals surface area (Å²) in [5.74, 6) is -0.942. The fourth-order valence-corrected chi connectivity index (χ4v) is 9.91. The molecule has 4 heterocycles. The number of ether oxygens (including phenoxy) is 3. The molecule has 53 heavy (non-hydrogen) atoms. The van der Waals surface area contributed by atoms with Crippen LogP contribution in [0, 0.1) is 11.8 Å². The van der Waals surface area contributed by atoms with E-state index in [2.05, 4.69) is 45.2 Å². The van der Waals surface area contributed by atoms with Crippen LogP contribution >= 0.6 is 0 Å². The van der Waals surface area contributed by atoms with Gasteiger partial charge in [0.25, 0.3) is 0 Å². The van der Waals surface area contributed by atoms with Gasteiger partial charge in [0.2, 0.25) is 5.91 Å². The standard InChI is InChI=1S/C44H56N2O7/c1-24(2)12-11-17-42(10)18-16-30-35(47)34-36(48)32-20-29-21-33-41(8,9)53-43(39(29)49,19-15-26(5)40(50)46-22-27(6)45-28(7)23-46)44(32,33)52-38(34)31(37(30)51-42)14-13-25(3)4/h12-13,15-16,18,20,27-29,33,45,47H,11,14,17,19,21-23H2,1-10H3/b26-15-. The molecule has 1 spiro atoms. The molecule has 1 aromatic rings. The van der Waals surface area contributed by atoms with E-state index in [1.165, 1.54) is 5.57 Å². The van der Waals surface area contributed by atoms with Crippen molar-refractivity contribution in [3.05, 3.63) is 69.4 Å². The quantitative estimate of drug-likeness (QED) is 0.211. The van der Waals surface area contributed by atoms with Crippen LogP contribution in [0.4, 0.5) is 0 Å². The highest BCUT2D eigenvalue weighted by Gasteiger charge is 2.81. The van der Waals surface area contributed by atoms with Crippen molar-refractivity contribution in [3.8, 4) is 17.2 Å². The van der Waals surface area contributed by atoms with Crippen molar-refractivity contribution in [3.63, 3.8) is 0 Å². The highest BCUT2D eigenvalue weighted by molar-refractivity contribution is 6.19. The van der Waals surface area contributed by atoms with Crippen LogP contribution in [-0.4, -0.2) is 75.1 Å². The second-order valence-corrected chi connectivity index (χ2v) is 17.6. The molecule has 9 heteroatoms. The number of piperazine rings is 1. The summed E-state index contributed by atoms with van der Waals surface area (Å²) in [6, 6.07) is 0.324. The number of Topliss-reactive ketones (excluding diaryl/α,β-unsaturated/α-hetero) is 2. The van der Waals surface area contributed by atoms with Gasteiger partial charge in [0.1, 0.15) is 28.4 Å². The highest BCUT2D eigenvalue weighted by Crippen LogP contribution is 2.68. The molecule has 4 aliphatic heterocycles. The molecule has 1 amide bonds. The predicted molar refractivity (Wildman–Crippen MR) is 205 cm³/mol. The van der Waals surface area contributed by atoms with Gasteiger partial charge in [-0.05, 0) is 107 Å². The number of fused-ring (bicyclic) bond motifs is 2. The number of hydrogen-bond donors (Lipinski definition) is 2. The van der Waals surface area contributed by atoms with Crippen molar-refractivity contribution in [1.29, 1.82) is 0 Å². The molecule has 284 valence electrons. The third-order valence-electron chi connectivity index (χ3n) is 12.3. The molecular weight excluding hydrogens is 668 g/mol. The lowest BCUT2D eigenvalue weighted by Gasteiger charge is -2.56. The van der Waals surface area contributed by atoms with Crippen molar-refractivity contribution < 1.29 is 33.7 Å². The summed E-state index contributed by atoms with van der Waals surface area (Å²) in [7, 11) is 0. The number of amides is 1. The molecule has 0 aromatic heterocycles. The number of aromatic hydroxyl groups is 1. The molecule has 2 saturated heterocycles. The Balaban J connectivity index is 1.37. The van der Waals surface area contributed by atoms with E-state index < -0.39 is 28.3 Å². The van der Waals surface area contributed by atoms with Gasteiger partial charge in [-0.15, -0.1) is 0 Å². The largest absolute Gasteiger partial charge is 0.506 e. The number of ketones is 2. The molecule has 4 bridgehead atoms. The monoisotopic (exact) mass is 724 g/mol. The van der Waals surface area contributed by atoms with Crippen molar-refractivity contribution >= 4 is 23.5 Å². The Morgan fingerprint density at radius 1 is 0.981 bits per heavy atom. The average Bonchev–Trinajstić information content (AvgIpc) is 3.22. The van der Waals surface area contributed by atoms with Crippen LogP contribution in [0.15, 0.2) is 52.7 Å². The Morgan fingerprint density at radius 2 is 1.66 bits per heavy atom. The zero-order chi connectivity index (χ0) is 38.4. The average molecular weight is 725 g/mol. The number of phenols is 1. The number of allylic oxidation sites excluding steroid dienone is 5. The summed E-state index contributed by atoms with van der Waals surface area (Å²) in [5.41, 5.74) is -0.152. The van der Waals surface area contributed by atoms with Crippen LogP contribution in [-0.2, 0) is 20.7 Å². The molecule has 7 unspecified atom stereocenters. The zero-order valence-electron chi connectivity index (χ0n) is 33.1. The van der Waals surface area contributed by atoms with E-state index in [1.54, 1.807) is 13.0 Å². The molecule has 3 aliphatic carbocycles. The van der Waals surface area contributed by atoms with Gasteiger partial charge in [-0.25, -0.2) is 0 Å². The second-order valence-electron chi connectivity index (χ2n) is 17.6. The van der Waals surface area contributed by atoms with Crippen LogP contribution in [0.1, 0.15) is 116 Å². The van der Waals surface area contributed by atoms with Gasteiger partial charge < -0.3 is 29.5 Å². The number of nitrogens with zero attached hydrogens (tertiary/aromatic N) is 1. The van der Waals surface area contributed by atoms with Crippen LogP contribution < -0.4 is 14.8 Å². The van der Waals surface area contributed by atoms with Crippen molar-refractivity contribution in [2.24, 2.45) is 11.8 Å². The Kier molecular flexibility index (Phi) is 9.05. The number of rotatable bonds is 8. The molecule has 7 atom stereocenters. The predicted octanol–water partition coefficient (Wildman–Crippen LogP) is 7.36. The Bertz CT molecular complexity index is 1930. The van der Waals surface area contributed by atoms with E-state index in [-0.39, 0.29) is 59.0 Å². The lowest BCUT2D eigenvalue weighted by Crippen LogP contribution is -2.72. The number of carbonyl (C=O) groups excluding carboxylic acids is 3. The number of benzene rings is 1. The fourth-order valence-electron chi connectivity index (χ4n) is 9.91. The van der Waals surface area contributed by atoms with Crippen molar-refractivity contribution in [2.75, 3.05) is 13.1 Å². The topological polar surface area (TPSA) is 114 Å². The van der Waals surface area contributed by atoms with Gasteiger partial charge in [0, 0.05) is 60.1 Å². The van der Waals surface area contributed by atoms with E-state index in [9.17, 15) is 14.7 Å². The number of hydrogen-bond acceptors (Lipinski definition) is 8. The van der Waals surface area contributed by atoms with Gasteiger partial charge in [0.05, 0.1) is 11.2 Å². The number of nitrogens with one attached hydrogen (secondary N) is 1. The van der Waals surface area contributed by atoms with Gasteiger partial charge >= 0.3 is 0 Å². The van der Waals surface area contributed by atoms with Crippen LogP contribution in [0.2, 0.25) is 0 Å². The summed E-state index contributed by atoms with van der Waals surface area (Å²) in [6.07, 6.45) is 14.1. The SMILES string of the molecule is CC(C)=CCCC1(C)C=Cc2c(O)c3c(c(CC=C(C)C)c2O1)OC12C(=CC4CC1C(C)(C)OC2(C/C=C(/C)C(=O)N1CC(C)NC(C)C1)C4=O)C3=O. The van der Waals surface area contributed by atoms with E-state index in [1.807, 2.05) is 57.7 Å². The van der Waals surface area contributed by atoms with Gasteiger partial charge in [-0.1, -0.05) is 35.5 Å². The van der Waals surface area contributed by atoms with E-state index in [0.717, 1.165) is 12.0 Å². The number of carbonyl (C=O) groups is 3. The highest BCUT2D eigenvalue weighted by atomic mass is 16.6. The molecular formula is C44H56N2O7. The minimum absolute atomic E-state index is 0.0683. The second kappa shape index (κ2) is 12.8. The first-order chi connectivity index (χ1) is 24.8. The maximum Gasteiger partial charge on any atom is 0.249 e. The molecule has 8 rings (SSSR count). The van der Waals surface area contributed by atoms with Gasteiger partial charge in [-0.2, -0.15) is 0 Å². The molecule has 9 nitrogen and oxygen atoms in total. The molecule has 3 fully saturated rings. The maximum atomic E-state index is 15.0. The van der Waals surface area contributed by atoms with Gasteiger partial charge in [-0.3, -0.25) is 14.4 Å². The normalized spacial score (nSPS) is 33.3. The molecule has 0 radical (unpaired) electrons. The third-order valence-corrected chi connectivity index (χ3v) is 12.3. The third kappa shape index (κ3) is 5.76. The minimum Gasteiger partial charge on any atom is -0.506 e. The maximum absolute atomic E-state index is 15.0. The summed E-state index contributed by atoms with van der Waals surface area (Å²) >= 11 is 0. The smallest absolute Gasteiger partial charge is 0.249 e. The zero-order valence-corrected chi connectivity index (χ0v) is 33.1. The van der Waals surface area contributed by atoms with E-state index in [4.69, 9.17) is 14.2 Å².